The van der Waals surface area contributed by atoms with E-state index in [9.17, 15) is 0 Å². The highest BCUT2D eigenvalue weighted by Gasteiger charge is 2.41. The van der Waals surface area contributed by atoms with Gasteiger partial charge < -0.3 is 9.88 Å². The Labute approximate surface area is 122 Å². The van der Waals surface area contributed by atoms with Crippen LogP contribution < -0.4 is 5.32 Å². The SMILES string of the molecule is CC(C)C[Si](CC(C)C)(CC(C)C)N1CCCNC1. The minimum Gasteiger partial charge on any atom is -0.311 e. The molecule has 0 unspecified atom stereocenters. The normalized spacial score (nSPS) is 18.8. The van der Waals surface area contributed by atoms with Crippen LogP contribution in [-0.4, -0.2) is 32.6 Å². The lowest BCUT2D eigenvalue weighted by Gasteiger charge is -2.47. The molecule has 0 spiro atoms. The summed E-state index contributed by atoms with van der Waals surface area (Å²) in [4.78, 5) is 0. The summed E-state index contributed by atoms with van der Waals surface area (Å²) in [6.45, 7) is 18.2. The Bertz CT molecular complexity index is 219. The van der Waals surface area contributed by atoms with Crippen LogP contribution in [0, 0.1) is 17.8 Å². The van der Waals surface area contributed by atoms with E-state index in [1.807, 2.05) is 0 Å². The van der Waals surface area contributed by atoms with Gasteiger partial charge in [0.1, 0.15) is 8.24 Å². The van der Waals surface area contributed by atoms with Gasteiger partial charge in [-0.3, -0.25) is 0 Å². The Kier molecular flexibility index (Phi) is 7.05. The van der Waals surface area contributed by atoms with E-state index in [4.69, 9.17) is 0 Å². The highest BCUT2D eigenvalue weighted by molar-refractivity contribution is 6.77. The maximum atomic E-state index is 3.62. The lowest BCUT2D eigenvalue weighted by Crippen LogP contribution is -2.60. The largest absolute Gasteiger partial charge is 0.311 e. The molecule has 0 aromatic carbocycles. The molecule has 1 N–H and O–H groups in total. The van der Waals surface area contributed by atoms with Crippen LogP contribution in [0.25, 0.3) is 0 Å². The van der Waals surface area contributed by atoms with Crippen molar-refractivity contribution in [3.05, 3.63) is 0 Å². The molecule has 1 saturated heterocycles. The molecular weight excluding hydrogens is 248 g/mol. The quantitative estimate of drug-likeness (QED) is 0.706. The lowest BCUT2D eigenvalue weighted by molar-refractivity contribution is 0.311. The number of rotatable bonds is 7. The molecule has 2 nitrogen and oxygen atoms in total. The molecule has 19 heavy (non-hydrogen) atoms. The molecule has 3 heteroatoms. The molecule has 0 aliphatic carbocycles. The van der Waals surface area contributed by atoms with Gasteiger partial charge in [0.05, 0.1) is 0 Å². The van der Waals surface area contributed by atoms with Crippen LogP contribution in [0.3, 0.4) is 0 Å². The predicted octanol–water partition coefficient (Wildman–Crippen LogP) is 4.15. The van der Waals surface area contributed by atoms with Crippen LogP contribution in [0.1, 0.15) is 48.0 Å². The second kappa shape index (κ2) is 7.80. The van der Waals surface area contributed by atoms with E-state index >= 15 is 0 Å². The molecule has 1 fully saturated rings. The van der Waals surface area contributed by atoms with E-state index in [2.05, 4.69) is 51.4 Å². The molecular formula is C16H36N2Si. The fraction of sp³-hybridized carbons (Fsp3) is 1.00. The summed E-state index contributed by atoms with van der Waals surface area (Å²) in [7, 11) is -1.31. The van der Waals surface area contributed by atoms with Gasteiger partial charge in [0.15, 0.2) is 0 Å². The third-order valence-corrected chi connectivity index (χ3v) is 10.6. The van der Waals surface area contributed by atoms with E-state index in [-0.39, 0.29) is 0 Å². The molecule has 1 heterocycles. The lowest BCUT2D eigenvalue weighted by atomic mass is 10.2. The summed E-state index contributed by atoms with van der Waals surface area (Å²) >= 11 is 0. The fourth-order valence-corrected chi connectivity index (χ4v) is 10.9. The zero-order valence-corrected chi connectivity index (χ0v) is 15.1. The van der Waals surface area contributed by atoms with Crippen molar-refractivity contribution in [2.24, 2.45) is 17.8 Å². The molecule has 0 atom stereocenters. The van der Waals surface area contributed by atoms with Gasteiger partial charge in [-0.25, -0.2) is 0 Å². The van der Waals surface area contributed by atoms with Crippen molar-refractivity contribution >= 4 is 8.24 Å². The van der Waals surface area contributed by atoms with Crippen LogP contribution in [0.5, 0.6) is 0 Å². The smallest absolute Gasteiger partial charge is 0.130 e. The number of nitrogens with zero attached hydrogens (tertiary/aromatic N) is 1. The zero-order chi connectivity index (χ0) is 14.5. The summed E-state index contributed by atoms with van der Waals surface area (Å²) in [6.07, 6.45) is 1.34. The van der Waals surface area contributed by atoms with Crippen molar-refractivity contribution in [2.45, 2.75) is 66.1 Å². The van der Waals surface area contributed by atoms with Crippen molar-refractivity contribution in [1.82, 2.24) is 9.88 Å². The average molecular weight is 285 g/mol. The van der Waals surface area contributed by atoms with Crippen molar-refractivity contribution in [1.29, 1.82) is 0 Å². The van der Waals surface area contributed by atoms with E-state index in [0.29, 0.717) is 0 Å². The first kappa shape index (κ1) is 17.2. The van der Waals surface area contributed by atoms with Crippen LogP contribution >= 0.6 is 0 Å². The van der Waals surface area contributed by atoms with Gasteiger partial charge in [0.25, 0.3) is 0 Å². The standard InChI is InChI=1S/C16H36N2Si/c1-14(2)10-19(11-15(3)4,12-16(5)6)18-9-7-8-17-13-18/h14-17H,7-13H2,1-6H3. The van der Waals surface area contributed by atoms with Gasteiger partial charge in [-0.2, -0.15) is 0 Å². The predicted molar refractivity (Wildman–Crippen MR) is 88.9 cm³/mol. The Morgan fingerprint density at radius 2 is 1.37 bits per heavy atom. The summed E-state index contributed by atoms with van der Waals surface area (Å²) in [5.74, 6) is 2.52. The first-order valence-corrected chi connectivity index (χ1v) is 10.9. The summed E-state index contributed by atoms with van der Waals surface area (Å²) < 4.78 is 2.90. The monoisotopic (exact) mass is 284 g/mol. The van der Waals surface area contributed by atoms with E-state index in [0.717, 1.165) is 24.4 Å². The van der Waals surface area contributed by atoms with Gasteiger partial charge in [0.2, 0.25) is 0 Å². The summed E-state index contributed by atoms with van der Waals surface area (Å²) in [5, 5.41) is 3.62. The van der Waals surface area contributed by atoms with Gasteiger partial charge in [0, 0.05) is 6.67 Å². The molecule has 0 aromatic heterocycles. The van der Waals surface area contributed by atoms with Crippen LogP contribution in [0.2, 0.25) is 18.1 Å². The van der Waals surface area contributed by atoms with Crippen molar-refractivity contribution in [3.63, 3.8) is 0 Å². The average Bonchev–Trinajstić information content (AvgIpc) is 2.27. The van der Waals surface area contributed by atoms with Crippen LogP contribution in [0.4, 0.5) is 0 Å². The van der Waals surface area contributed by atoms with Crippen molar-refractivity contribution in [2.75, 3.05) is 19.8 Å². The highest BCUT2D eigenvalue weighted by Crippen LogP contribution is 2.35. The Balaban J connectivity index is 2.92. The molecule has 1 rings (SSSR count). The second-order valence-corrected chi connectivity index (χ2v) is 12.1. The fourth-order valence-electron chi connectivity index (χ4n) is 4.01. The topological polar surface area (TPSA) is 15.3 Å². The third-order valence-electron chi connectivity index (χ3n) is 4.12. The number of nitrogens with one attached hydrogen (secondary N) is 1. The Morgan fingerprint density at radius 1 is 0.895 bits per heavy atom. The Hall–Kier alpha value is 0.137. The minimum absolute atomic E-state index is 0.839. The molecule has 1 aliphatic heterocycles. The number of hydrogen-bond donors (Lipinski definition) is 1. The molecule has 114 valence electrons. The van der Waals surface area contributed by atoms with Gasteiger partial charge in [-0.15, -0.1) is 0 Å². The van der Waals surface area contributed by atoms with Gasteiger partial charge >= 0.3 is 0 Å². The Morgan fingerprint density at radius 3 is 1.68 bits per heavy atom. The van der Waals surface area contributed by atoms with E-state index < -0.39 is 8.24 Å². The maximum absolute atomic E-state index is 3.62. The molecule has 0 bridgehead atoms. The minimum atomic E-state index is -1.31. The molecule has 0 aromatic rings. The second-order valence-electron chi connectivity index (χ2n) is 7.79. The van der Waals surface area contributed by atoms with Crippen LogP contribution in [0.15, 0.2) is 0 Å². The van der Waals surface area contributed by atoms with Crippen molar-refractivity contribution < 1.29 is 0 Å². The van der Waals surface area contributed by atoms with Gasteiger partial charge in [-0.05, 0) is 55.4 Å². The van der Waals surface area contributed by atoms with Crippen molar-refractivity contribution in [3.8, 4) is 0 Å². The summed E-state index contributed by atoms with van der Waals surface area (Å²) in [6, 6.07) is 4.43. The third kappa shape index (κ3) is 5.56. The highest BCUT2D eigenvalue weighted by atomic mass is 28.3. The number of hydrogen-bond acceptors (Lipinski definition) is 2. The maximum Gasteiger partial charge on any atom is 0.130 e. The molecule has 0 radical (unpaired) electrons. The van der Waals surface area contributed by atoms with E-state index in [1.165, 1.54) is 37.6 Å². The molecule has 0 amide bonds. The van der Waals surface area contributed by atoms with E-state index in [1.54, 1.807) is 0 Å². The molecule has 0 saturated carbocycles. The first-order chi connectivity index (χ1) is 8.85. The molecule has 1 aliphatic rings. The summed E-state index contributed by atoms with van der Waals surface area (Å²) in [5.41, 5.74) is 0. The zero-order valence-electron chi connectivity index (χ0n) is 14.1. The van der Waals surface area contributed by atoms with Crippen LogP contribution in [-0.2, 0) is 0 Å². The van der Waals surface area contributed by atoms with Gasteiger partial charge in [-0.1, -0.05) is 41.5 Å². The first-order valence-electron chi connectivity index (χ1n) is 8.31.